The first-order valence-corrected chi connectivity index (χ1v) is 16.6. The van der Waals surface area contributed by atoms with Gasteiger partial charge in [0.15, 0.2) is 6.10 Å². The van der Waals surface area contributed by atoms with E-state index in [1.54, 1.807) is 13.8 Å². The summed E-state index contributed by atoms with van der Waals surface area (Å²) in [5, 5.41) is 0. The van der Waals surface area contributed by atoms with E-state index in [0.29, 0.717) is 29.7 Å². The van der Waals surface area contributed by atoms with Gasteiger partial charge in [-0.1, -0.05) is 13.8 Å². The Hall–Kier alpha value is -1.62. The van der Waals surface area contributed by atoms with Crippen LogP contribution in [0.2, 0.25) is 0 Å². The number of hydrogen-bond acceptors (Lipinski definition) is 6. The lowest BCUT2D eigenvalue weighted by atomic mass is 9.44. The van der Waals surface area contributed by atoms with Gasteiger partial charge in [0, 0.05) is 57.7 Å². The van der Waals surface area contributed by atoms with E-state index in [4.69, 9.17) is 20.6 Å². The van der Waals surface area contributed by atoms with Gasteiger partial charge in [-0.15, -0.1) is 6.42 Å². The zero-order valence-electron chi connectivity index (χ0n) is 25.9. The van der Waals surface area contributed by atoms with Crippen molar-refractivity contribution >= 4 is 11.9 Å². The number of nitrogens with zero attached hydrogens (tertiary/aromatic N) is 2. The number of hydrogen-bond donors (Lipinski definition) is 0. The van der Waals surface area contributed by atoms with Gasteiger partial charge in [0.25, 0.3) is 0 Å². The monoisotopic (exact) mass is 569 g/mol. The molecule has 0 aromatic carbocycles. The molecule has 6 fully saturated rings. The Kier molecular flexibility index (Phi) is 8.00. The predicted molar refractivity (Wildman–Crippen MR) is 156 cm³/mol. The van der Waals surface area contributed by atoms with Crippen molar-refractivity contribution in [2.45, 2.75) is 110 Å². The maximum absolute atomic E-state index is 12.5. The molecule has 2 aliphatic heterocycles. The highest BCUT2D eigenvalue weighted by atomic mass is 16.5. The fraction of sp³-hybridized carbons (Fsp3) is 0.882. The molecule has 0 unspecified atom stereocenters. The van der Waals surface area contributed by atoms with E-state index in [1.165, 1.54) is 32.1 Å². The molecule has 0 bridgehead atoms. The zero-order chi connectivity index (χ0) is 29.0. The second-order valence-electron chi connectivity index (χ2n) is 15.1. The minimum Gasteiger partial charge on any atom is -0.461 e. The number of fused-ring (bicyclic) bond motifs is 5. The molecule has 4 aliphatic carbocycles. The maximum Gasteiger partial charge on any atom is 0.303 e. The van der Waals surface area contributed by atoms with Crippen LogP contribution in [-0.2, 0) is 23.8 Å². The van der Waals surface area contributed by atoms with Crippen molar-refractivity contribution in [1.82, 2.24) is 4.90 Å². The first-order chi connectivity index (χ1) is 19.6. The molecule has 0 amide bonds. The molecule has 2 saturated heterocycles. The first-order valence-electron chi connectivity index (χ1n) is 16.6. The van der Waals surface area contributed by atoms with Crippen LogP contribution in [0.1, 0.15) is 85.5 Å². The van der Waals surface area contributed by atoms with E-state index in [0.717, 1.165) is 76.1 Å². The first kappa shape index (κ1) is 29.5. The lowest BCUT2D eigenvalue weighted by Gasteiger charge is -2.62. The van der Waals surface area contributed by atoms with Gasteiger partial charge < -0.3 is 18.7 Å². The third-order valence-electron chi connectivity index (χ3n) is 13.3. The fourth-order valence-electron chi connectivity index (χ4n) is 11.5. The summed E-state index contributed by atoms with van der Waals surface area (Å²) in [6.45, 7) is 14.5. The lowest BCUT2D eigenvalue weighted by Crippen LogP contribution is -2.62. The largest absolute Gasteiger partial charge is 0.461 e. The molecular weight excluding hydrogens is 516 g/mol. The molecule has 0 radical (unpaired) electrons. The number of morpholine rings is 1. The summed E-state index contributed by atoms with van der Waals surface area (Å²) in [7, 11) is 0. The summed E-state index contributed by atoms with van der Waals surface area (Å²) in [5.41, 5.74) is 0.222. The Balaban J connectivity index is 1.30. The van der Waals surface area contributed by atoms with Crippen LogP contribution < -0.4 is 0 Å². The Bertz CT molecular complexity index is 1040. The lowest BCUT2D eigenvalue weighted by molar-refractivity contribution is -0.936. The molecular formula is C34H53N2O5+. The average Bonchev–Trinajstić information content (AvgIpc) is 3.52. The van der Waals surface area contributed by atoms with Crippen LogP contribution in [0.5, 0.6) is 0 Å². The summed E-state index contributed by atoms with van der Waals surface area (Å²) >= 11 is 0. The van der Waals surface area contributed by atoms with E-state index in [9.17, 15) is 9.59 Å². The van der Waals surface area contributed by atoms with Crippen molar-refractivity contribution < 1.29 is 28.3 Å². The van der Waals surface area contributed by atoms with Gasteiger partial charge in [-0.05, 0) is 73.5 Å². The van der Waals surface area contributed by atoms with E-state index in [2.05, 4.69) is 24.7 Å². The fourth-order valence-corrected chi connectivity index (χ4v) is 11.5. The van der Waals surface area contributed by atoms with Crippen molar-refractivity contribution in [3.8, 4) is 12.3 Å². The van der Waals surface area contributed by atoms with Gasteiger partial charge in [-0.2, -0.15) is 0 Å². The summed E-state index contributed by atoms with van der Waals surface area (Å²) in [6, 6.07) is 0.563. The van der Waals surface area contributed by atoms with Gasteiger partial charge in [0.05, 0.1) is 26.3 Å². The normalized spacial score (nSPS) is 45.5. The van der Waals surface area contributed by atoms with Crippen molar-refractivity contribution in [3.63, 3.8) is 0 Å². The number of likely N-dealkylation sites (tertiary alicyclic amines) is 1. The van der Waals surface area contributed by atoms with Crippen molar-refractivity contribution in [2.75, 3.05) is 45.9 Å². The van der Waals surface area contributed by atoms with Crippen LogP contribution in [0.4, 0.5) is 0 Å². The molecule has 7 heteroatoms. The summed E-state index contributed by atoms with van der Waals surface area (Å²) in [4.78, 5) is 27.3. The summed E-state index contributed by atoms with van der Waals surface area (Å²) < 4.78 is 19.0. The van der Waals surface area contributed by atoms with Crippen LogP contribution in [0, 0.1) is 46.8 Å². The van der Waals surface area contributed by atoms with Gasteiger partial charge in [-0.3, -0.25) is 14.5 Å². The molecule has 0 aromatic rings. The number of rotatable bonds is 5. The Morgan fingerprint density at radius 1 is 0.976 bits per heavy atom. The number of esters is 2. The van der Waals surface area contributed by atoms with E-state index in [-0.39, 0.29) is 41.0 Å². The molecule has 6 rings (SSSR count). The highest BCUT2D eigenvalue weighted by Gasteiger charge is 2.68. The predicted octanol–water partition coefficient (Wildman–Crippen LogP) is 4.43. The van der Waals surface area contributed by atoms with Gasteiger partial charge >= 0.3 is 11.9 Å². The number of ether oxygens (including phenoxy) is 3. The molecule has 0 N–H and O–H groups in total. The van der Waals surface area contributed by atoms with Crippen LogP contribution in [0.15, 0.2) is 0 Å². The number of quaternary nitrogens is 1. The van der Waals surface area contributed by atoms with Crippen LogP contribution in [0.3, 0.4) is 0 Å². The van der Waals surface area contributed by atoms with Crippen molar-refractivity contribution in [1.29, 1.82) is 0 Å². The number of terminal acetylenes is 1. The topological polar surface area (TPSA) is 65.1 Å². The highest BCUT2D eigenvalue weighted by Crippen LogP contribution is 2.67. The molecule has 228 valence electrons. The molecule has 10 atom stereocenters. The number of carbonyl (C=O) groups is 2. The average molecular weight is 570 g/mol. The van der Waals surface area contributed by atoms with Gasteiger partial charge in [-0.25, -0.2) is 0 Å². The summed E-state index contributed by atoms with van der Waals surface area (Å²) in [6.07, 6.45) is 16.3. The van der Waals surface area contributed by atoms with Crippen LogP contribution in [0.25, 0.3) is 0 Å². The molecule has 4 saturated carbocycles. The molecule has 6 aliphatic rings. The van der Waals surface area contributed by atoms with E-state index in [1.807, 2.05) is 0 Å². The standard InChI is InChI=1S/C34H53N2O5/c1-6-15-36(16-7-8-17-36)30-21-28-26-10-9-25-20-31(40-23(2)37)29(35-13-18-39-19-14-35)22-34(25,5)27(26)11-12-33(28,4)32(30)41-24(3)38/h1,25-32H,7-22H2,2-5H3/q+1/t25-,26+,27-,28-,29-,30-,31-,32-,33-,34-/m0/s1. The Labute approximate surface area is 247 Å². The second kappa shape index (κ2) is 11.1. The quantitative estimate of drug-likeness (QED) is 0.277. The molecule has 0 aromatic heterocycles. The minimum absolute atomic E-state index is 0.00168. The summed E-state index contributed by atoms with van der Waals surface area (Å²) in [5.74, 6) is 5.15. The molecule has 2 heterocycles. The van der Waals surface area contributed by atoms with Crippen molar-refractivity contribution in [2.24, 2.45) is 34.5 Å². The van der Waals surface area contributed by atoms with Crippen LogP contribution >= 0.6 is 0 Å². The third kappa shape index (κ3) is 4.94. The van der Waals surface area contributed by atoms with Crippen LogP contribution in [-0.4, -0.2) is 91.6 Å². The zero-order valence-corrected chi connectivity index (χ0v) is 25.9. The highest BCUT2D eigenvalue weighted by molar-refractivity contribution is 5.66. The van der Waals surface area contributed by atoms with Gasteiger partial charge in [0.2, 0.25) is 0 Å². The molecule has 0 spiro atoms. The van der Waals surface area contributed by atoms with E-state index >= 15 is 0 Å². The third-order valence-corrected chi connectivity index (χ3v) is 13.3. The SMILES string of the molecule is C#CC[N+]1([C@H]2C[C@H]3[C@@H]4CC[C@H]5C[C@H](OC(C)=O)[C@@H](N6CCOCC6)C[C@]5(C)[C@H]4CC[C@]3(C)[C@H]2OC(C)=O)CCCC1. The Morgan fingerprint density at radius 2 is 1.68 bits per heavy atom. The van der Waals surface area contributed by atoms with Crippen molar-refractivity contribution in [3.05, 3.63) is 0 Å². The smallest absolute Gasteiger partial charge is 0.303 e. The maximum atomic E-state index is 12.5. The van der Waals surface area contributed by atoms with Gasteiger partial charge in [0.1, 0.15) is 18.7 Å². The molecule has 7 nitrogen and oxygen atoms in total. The number of carbonyl (C=O) groups excluding carboxylic acids is 2. The molecule has 41 heavy (non-hydrogen) atoms. The second-order valence-corrected chi connectivity index (χ2v) is 15.1. The minimum atomic E-state index is -0.154. The van der Waals surface area contributed by atoms with E-state index < -0.39 is 0 Å². The Morgan fingerprint density at radius 3 is 2.34 bits per heavy atom.